The molecule has 1 aromatic heterocycles. The number of aromatic nitrogens is 2. The van der Waals surface area contributed by atoms with Gasteiger partial charge in [0, 0.05) is 31.9 Å². The van der Waals surface area contributed by atoms with Gasteiger partial charge in [-0.15, -0.1) is 0 Å². The van der Waals surface area contributed by atoms with Gasteiger partial charge < -0.3 is 15.4 Å². The van der Waals surface area contributed by atoms with Crippen LogP contribution in [-0.2, 0) is 14.3 Å². The maximum Gasteiger partial charge on any atom is 0.313 e. The quantitative estimate of drug-likeness (QED) is 0.768. The number of carbonyl (C=O) groups is 2. The first-order valence-electron chi connectivity index (χ1n) is 7.34. The summed E-state index contributed by atoms with van der Waals surface area (Å²) in [6.45, 7) is 4.26. The van der Waals surface area contributed by atoms with Crippen LogP contribution in [0, 0.1) is 0 Å². The average Bonchev–Trinajstić information content (AvgIpc) is 3.03. The Kier molecular flexibility index (Phi) is 5.11. The monoisotopic (exact) mass is 335 g/mol. The zero-order valence-corrected chi connectivity index (χ0v) is 13.3. The van der Waals surface area contributed by atoms with Gasteiger partial charge in [-0.2, -0.15) is 8.75 Å². The molecule has 1 aromatic carbocycles. The first kappa shape index (κ1) is 15.8. The van der Waals surface area contributed by atoms with Crippen molar-refractivity contribution < 1.29 is 14.3 Å². The summed E-state index contributed by atoms with van der Waals surface area (Å²) in [5.41, 5.74) is 1.99. The predicted molar refractivity (Wildman–Crippen MR) is 86.3 cm³/mol. The number of hydrogen-bond donors (Lipinski definition) is 2. The fourth-order valence-electron chi connectivity index (χ4n) is 2.28. The summed E-state index contributed by atoms with van der Waals surface area (Å²) in [5, 5.41) is 5.19. The molecule has 2 heterocycles. The second kappa shape index (κ2) is 7.44. The topological polar surface area (TPSA) is 96.5 Å². The van der Waals surface area contributed by atoms with Gasteiger partial charge in [-0.05, 0) is 18.2 Å². The molecule has 0 atom stereocenters. The van der Waals surface area contributed by atoms with E-state index < -0.39 is 11.8 Å². The molecule has 1 saturated heterocycles. The van der Waals surface area contributed by atoms with Gasteiger partial charge in [-0.3, -0.25) is 14.5 Å². The fourth-order valence-corrected chi connectivity index (χ4v) is 2.80. The first-order valence-corrected chi connectivity index (χ1v) is 8.07. The number of ether oxygens (including phenoxy) is 1. The van der Waals surface area contributed by atoms with Crippen LogP contribution in [0.25, 0.3) is 11.0 Å². The van der Waals surface area contributed by atoms with Gasteiger partial charge in [0.15, 0.2) is 0 Å². The average molecular weight is 335 g/mol. The molecule has 1 aliphatic heterocycles. The molecule has 2 aromatic rings. The number of hydrogen-bond acceptors (Lipinski definition) is 7. The zero-order valence-electron chi connectivity index (χ0n) is 12.4. The molecule has 0 saturated carbocycles. The smallest absolute Gasteiger partial charge is 0.313 e. The third-order valence-corrected chi connectivity index (χ3v) is 4.09. The first-order chi connectivity index (χ1) is 11.2. The third kappa shape index (κ3) is 4.21. The normalized spacial score (nSPS) is 15.5. The molecule has 122 valence electrons. The van der Waals surface area contributed by atoms with E-state index in [1.54, 1.807) is 18.2 Å². The lowest BCUT2D eigenvalue weighted by molar-refractivity contribution is -0.136. The highest BCUT2D eigenvalue weighted by molar-refractivity contribution is 7.00. The van der Waals surface area contributed by atoms with Crippen molar-refractivity contribution in [1.29, 1.82) is 0 Å². The van der Waals surface area contributed by atoms with Crippen LogP contribution in [0.1, 0.15) is 0 Å². The van der Waals surface area contributed by atoms with Crippen LogP contribution in [-0.4, -0.2) is 64.9 Å². The molecule has 0 spiro atoms. The Bertz CT molecular complexity index is 699. The van der Waals surface area contributed by atoms with Gasteiger partial charge in [0.25, 0.3) is 0 Å². The number of nitrogens with zero attached hydrogens (tertiary/aromatic N) is 3. The lowest BCUT2D eigenvalue weighted by atomic mass is 10.2. The number of benzene rings is 1. The Balaban J connectivity index is 1.46. The summed E-state index contributed by atoms with van der Waals surface area (Å²) < 4.78 is 13.4. The highest BCUT2D eigenvalue weighted by atomic mass is 32.1. The maximum atomic E-state index is 11.9. The molecule has 0 unspecified atom stereocenters. The zero-order chi connectivity index (χ0) is 16.1. The number of amides is 2. The molecule has 0 radical (unpaired) electrons. The lowest BCUT2D eigenvalue weighted by Gasteiger charge is -2.26. The van der Waals surface area contributed by atoms with Crippen LogP contribution in [0.5, 0.6) is 0 Å². The predicted octanol–water partition coefficient (Wildman–Crippen LogP) is 0.0782. The van der Waals surface area contributed by atoms with Gasteiger partial charge in [-0.1, -0.05) is 0 Å². The van der Waals surface area contributed by atoms with E-state index in [0.29, 0.717) is 37.5 Å². The molecule has 1 fully saturated rings. The Labute approximate surface area is 137 Å². The van der Waals surface area contributed by atoms with Crippen LogP contribution < -0.4 is 10.6 Å². The molecule has 3 rings (SSSR count). The number of rotatable bonds is 4. The van der Waals surface area contributed by atoms with Crippen molar-refractivity contribution in [2.24, 2.45) is 0 Å². The van der Waals surface area contributed by atoms with E-state index in [0.717, 1.165) is 30.3 Å². The number of nitrogens with one attached hydrogen (secondary N) is 2. The Morgan fingerprint density at radius 3 is 2.78 bits per heavy atom. The molecular weight excluding hydrogens is 318 g/mol. The molecule has 8 nitrogen and oxygen atoms in total. The number of fused-ring (bicyclic) bond motifs is 1. The van der Waals surface area contributed by atoms with Gasteiger partial charge >= 0.3 is 11.8 Å². The molecule has 23 heavy (non-hydrogen) atoms. The number of anilines is 1. The molecule has 1 aliphatic rings. The molecule has 2 amide bonds. The van der Waals surface area contributed by atoms with Crippen molar-refractivity contribution in [3.8, 4) is 0 Å². The van der Waals surface area contributed by atoms with Crippen LogP contribution in [0.4, 0.5) is 5.69 Å². The van der Waals surface area contributed by atoms with Crippen molar-refractivity contribution in [2.45, 2.75) is 0 Å². The Morgan fingerprint density at radius 1 is 1.17 bits per heavy atom. The fraction of sp³-hybridized carbons (Fsp3) is 0.429. The molecule has 2 N–H and O–H groups in total. The van der Waals surface area contributed by atoms with Crippen LogP contribution in [0.15, 0.2) is 18.2 Å². The van der Waals surface area contributed by atoms with E-state index in [2.05, 4.69) is 24.3 Å². The van der Waals surface area contributed by atoms with Gasteiger partial charge in [0.2, 0.25) is 0 Å². The summed E-state index contributed by atoms with van der Waals surface area (Å²) in [6, 6.07) is 5.14. The lowest BCUT2D eigenvalue weighted by Crippen LogP contribution is -2.43. The second-order valence-corrected chi connectivity index (χ2v) is 5.66. The molecule has 0 bridgehead atoms. The highest BCUT2D eigenvalue weighted by Crippen LogP contribution is 2.16. The van der Waals surface area contributed by atoms with Gasteiger partial charge in [-0.25, -0.2) is 0 Å². The van der Waals surface area contributed by atoms with E-state index in [1.807, 2.05) is 0 Å². The van der Waals surface area contributed by atoms with Gasteiger partial charge in [0.05, 0.1) is 24.9 Å². The Hall–Kier alpha value is -2.10. The summed E-state index contributed by atoms with van der Waals surface area (Å²) in [6.07, 6.45) is 0. The van der Waals surface area contributed by atoms with Crippen LogP contribution >= 0.6 is 11.7 Å². The second-order valence-electron chi connectivity index (χ2n) is 5.13. The van der Waals surface area contributed by atoms with Crippen molar-refractivity contribution in [3.63, 3.8) is 0 Å². The van der Waals surface area contributed by atoms with E-state index in [9.17, 15) is 9.59 Å². The number of carbonyl (C=O) groups excluding carboxylic acids is 2. The Morgan fingerprint density at radius 2 is 1.96 bits per heavy atom. The van der Waals surface area contributed by atoms with Crippen LogP contribution in [0.3, 0.4) is 0 Å². The van der Waals surface area contributed by atoms with Crippen molar-refractivity contribution in [1.82, 2.24) is 19.0 Å². The molecule has 9 heteroatoms. The highest BCUT2D eigenvalue weighted by Gasteiger charge is 2.15. The summed E-state index contributed by atoms with van der Waals surface area (Å²) in [4.78, 5) is 25.9. The number of morpholine rings is 1. The minimum Gasteiger partial charge on any atom is -0.379 e. The maximum absolute atomic E-state index is 11.9. The van der Waals surface area contributed by atoms with E-state index in [1.165, 1.54) is 0 Å². The van der Waals surface area contributed by atoms with Crippen molar-refractivity contribution in [3.05, 3.63) is 18.2 Å². The van der Waals surface area contributed by atoms with E-state index >= 15 is 0 Å². The summed E-state index contributed by atoms with van der Waals surface area (Å²) >= 11 is 1.11. The minimum absolute atomic E-state index is 0.432. The summed E-state index contributed by atoms with van der Waals surface area (Å²) in [5.74, 6) is -1.33. The van der Waals surface area contributed by atoms with Crippen LogP contribution in [0.2, 0.25) is 0 Å². The van der Waals surface area contributed by atoms with E-state index in [4.69, 9.17) is 4.74 Å². The van der Waals surface area contributed by atoms with Gasteiger partial charge in [0.1, 0.15) is 11.0 Å². The van der Waals surface area contributed by atoms with E-state index in [-0.39, 0.29) is 0 Å². The SMILES string of the molecule is O=C(NCCN1CCOCC1)C(=O)Nc1ccc2nsnc2c1. The van der Waals surface area contributed by atoms with Crippen molar-refractivity contribution >= 4 is 40.3 Å². The minimum atomic E-state index is -0.686. The largest absolute Gasteiger partial charge is 0.379 e. The molecule has 0 aliphatic carbocycles. The summed E-state index contributed by atoms with van der Waals surface area (Å²) in [7, 11) is 0. The standard InChI is InChI=1S/C14H17N5O3S/c20-13(15-3-4-19-5-7-22-8-6-19)14(21)16-10-1-2-11-12(9-10)18-23-17-11/h1-2,9H,3-8H2,(H,15,20)(H,16,21). The molecular formula is C14H17N5O3S. The van der Waals surface area contributed by atoms with Crippen molar-refractivity contribution in [2.75, 3.05) is 44.7 Å². The third-order valence-electron chi connectivity index (χ3n) is 3.54.